The predicted molar refractivity (Wildman–Crippen MR) is 140 cm³/mol. The van der Waals surface area contributed by atoms with E-state index in [-0.39, 0.29) is 0 Å². The van der Waals surface area contributed by atoms with Gasteiger partial charge in [-0.3, -0.25) is 9.38 Å². The number of imidazole rings is 1. The zero-order valence-corrected chi connectivity index (χ0v) is 18.8. The average molecular weight is 447 g/mol. The standard InChI is InChI=1S/C31H18N4/c1-2-5-19-17(4-1)14-24-20(19)8-7-18-15-25-23(28(18)24)10-9-22-21-11-13-32-16-27(21)35-30-26(6-3-12-33-30)34-31(35)29(22)25/h1-13,16H,14-15H2. The highest BCUT2D eigenvalue weighted by atomic mass is 15.1. The molecule has 0 unspecified atom stereocenters. The molecule has 0 spiro atoms. The third kappa shape index (κ3) is 2.11. The minimum absolute atomic E-state index is 0.881. The van der Waals surface area contributed by atoms with E-state index in [2.05, 4.69) is 64.0 Å². The van der Waals surface area contributed by atoms with Crippen LogP contribution in [-0.2, 0) is 12.8 Å². The zero-order chi connectivity index (χ0) is 22.7. The molecule has 0 radical (unpaired) electrons. The molecule has 9 rings (SSSR count). The van der Waals surface area contributed by atoms with Gasteiger partial charge < -0.3 is 0 Å². The fourth-order valence-electron chi connectivity index (χ4n) is 6.58. The minimum atomic E-state index is 0.881. The molecule has 0 atom stereocenters. The second-order valence-corrected chi connectivity index (χ2v) is 9.66. The lowest BCUT2D eigenvalue weighted by Gasteiger charge is -2.13. The number of hydrogen-bond donors (Lipinski definition) is 0. The second kappa shape index (κ2) is 6.10. The van der Waals surface area contributed by atoms with E-state index in [0.29, 0.717) is 0 Å². The van der Waals surface area contributed by atoms with Crippen molar-refractivity contribution >= 4 is 38.5 Å². The van der Waals surface area contributed by atoms with Gasteiger partial charge in [0, 0.05) is 23.2 Å². The van der Waals surface area contributed by atoms with Gasteiger partial charge in [-0.25, -0.2) is 9.97 Å². The summed E-state index contributed by atoms with van der Waals surface area (Å²) >= 11 is 0. The van der Waals surface area contributed by atoms with Gasteiger partial charge in [0.1, 0.15) is 11.2 Å². The smallest absolute Gasteiger partial charge is 0.165 e. The zero-order valence-electron chi connectivity index (χ0n) is 18.8. The first-order valence-corrected chi connectivity index (χ1v) is 12.0. The Balaban J connectivity index is 1.44. The van der Waals surface area contributed by atoms with Gasteiger partial charge in [0.05, 0.1) is 11.7 Å². The number of aromatic nitrogens is 4. The van der Waals surface area contributed by atoms with E-state index < -0.39 is 0 Å². The SMILES string of the molecule is c1ccc2c(c1)Cc1c-2ccc2c1-c1ccc3c4ccncc4n4c5ncccc5nc4c3c1C2. The first-order chi connectivity index (χ1) is 17.4. The Labute approximate surface area is 200 Å². The van der Waals surface area contributed by atoms with Crippen LogP contribution in [0.5, 0.6) is 0 Å². The normalized spacial score (nSPS) is 13.5. The van der Waals surface area contributed by atoms with Crippen LogP contribution in [0.15, 0.2) is 85.3 Å². The maximum Gasteiger partial charge on any atom is 0.165 e. The van der Waals surface area contributed by atoms with Crippen molar-refractivity contribution in [2.24, 2.45) is 0 Å². The van der Waals surface area contributed by atoms with Crippen LogP contribution >= 0.6 is 0 Å². The lowest BCUT2D eigenvalue weighted by Crippen LogP contribution is -1.96. The maximum atomic E-state index is 5.11. The van der Waals surface area contributed by atoms with E-state index in [9.17, 15) is 0 Å². The minimum Gasteiger partial charge on any atom is -0.274 e. The molecule has 0 amide bonds. The van der Waals surface area contributed by atoms with E-state index in [1.165, 1.54) is 60.7 Å². The van der Waals surface area contributed by atoms with Gasteiger partial charge >= 0.3 is 0 Å². The predicted octanol–water partition coefficient (Wildman–Crippen LogP) is 6.73. The summed E-state index contributed by atoms with van der Waals surface area (Å²) in [6.07, 6.45) is 7.58. The van der Waals surface area contributed by atoms with E-state index in [4.69, 9.17) is 9.97 Å². The quantitative estimate of drug-likeness (QED) is 0.243. The molecule has 0 saturated heterocycles. The molecule has 4 heterocycles. The van der Waals surface area contributed by atoms with Gasteiger partial charge in [-0.2, -0.15) is 0 Å². The second-order valence-electron chi connectivity index (χ2n) is 9.66. The molecule has 35 heavy (non-hydrogen) atoms. The summed E-state index contributed by atoms with van der Waals surface area (Å²) in [6, 6.07) is 24.3. The molecule has 4 aromatic heterocycles. The average Bonchev–Trinajstić information content (AvgIpc) is 3.59. The Hall–Kier alpha value is -4.57. The van der Waals surface area contributed by atoms with Crippen molar-refractivity contribution < 1.29 is 0 Å². The number of nitrogens with zero attached hydrogens (tertiary/aromatic N) is 4. The summed E-state index contributed by atoms with van der Waals surface area (Å²) in [5, 5.41) is 3.65. The number of fused-ring (bicyclic) bond motifs is 16. The van der Waals surface area contributed by atoms with Crippen LogP contribution in [0.3, 0.4) is 0 Å². The molecular formula is C31H18N4. The molecular weight excluding hydrogens is 428 g/mol. The van der Waals surface area contributed by atoms with Crippen molar-refractivity contribution in [1.29, 1.82) is 0 Å². The molecule has 2 aliphatic carbocycles. The van der Waals surface area contributed by atoms with Gasteiger partial charge in [-0.05, 0) is 80.9 Å². The Bertz CT molecular complexity index is 2070. The Morgan fingerprint density at radius 3 is 2.57 bits per heavy atom. The molecule has 3 aromatic carbocycles. The molecule has 162 valence electrons. The van der Waals surface area contributed by atoms with Crippen molar-refractivity contribution in [1.82, 2.24) is 19.4 Å². The highest BCUT2D eigenvalue weighted by Crippen LogP contribution is 2.50. The summed E-state index contributed by atoms with van der Waals surface area (Å²) in [6.45, 7) is 0. The number of hydrogen-bond acceptors (Lipinski definition) is 3. The third-order valence-corrected chi connectivity index (χ3v) is 7.99. The number of benzene rings is 3. The molecule has 4 heteroatoms. The van der Waals surface area contributed by atoms with Crippen molar-refractivity contribution in [3.8, 4) is 22.3 Å². The van der Waals surface area contributed by atoms with Crippen LogP contribution in [0.2, 0.25) is 0 Å². The lowest BCUT2D eigenvalue weighted by atomic mass is 9.94. The summed E-state index contributed by atoms with van der Waals surface area (Å²) < 4.78 is 2.20. The Morgan fingerprint density at radius 2 is 1.57 bits per heavy atom. The molecule has 0 N–H and O–H groups in total. The Kier molecular flexibility index (Phi) is 3.11. The van der Waals surface area contributed by atoms with E-state index in [1.807, 2.05) is 30.7 Å². The van der Waals surface area contributed by atoms with Crippen molar-refractivity contribution in [2.45, 2.75) is 12.8 Å². The van der Waals surface area contributed by atoms with Gasteiger partial charge in [0.25, 0.3) is 0 Å². The first-order valence-electron chi connectivity index (χ1n) is 12.0. The molecule has 0 fully saturated rings. The summed E-state index contributed by atoms with van der Waals surface area (Å²) in [5.41, 5.74) is 15.1. The number of pyridine rings is 3. The maximum absolute atomic E-state index is 5.11. The topological polar surface area (TPSA) is 43.1 Å². The van der Waals surface area contributed by atoms with Crippen molar-refractivity contribution in [2.75, 3.05) is 0 Å². The highest BCUT2D eigenvalue weighted by Gasteiger charge is 2.30. The largest absolute Gasteiger partial charge is 0.274 e. The molecule has 7 aromatic rings. The monoisotopic (exact) mass is 446 g/mol. The van der Waals surface area contributed by atoms with Gasteiger partial charge in [0.2, 0.25) is 0 Å². The van der Waals surface area contributed by atoms with Crippen LogP contribution in [0.4, 0.5) is 0 Å². The molecule has 0 aliphatic heterocycles. The fraction of sp³-hybridized carbons (Fsp3) is 0.0645. The van der Waals surface area contributed by atoms with E-state index >= 15 is 0 Å². The van der Waals surface area contributed by atoms with Crippen LogP contribution in [0, 0.1) is 0 Å². The molecule has 4 nitrogen and oxygen atoms in total. The van der Waals surface area contributed by atoms with E-state index in [0.717, 1.165) is 35.2 Å². The van der Waals surface area contributed by atoms with Gasteiger partial charge in [-0.1, -0.05) is 48.5 Å². The van der Waals surface area contributed by atoms with Crippen molar-refractivity contribution in [3.05, 3.63) is 108 Å². The Morgan fingerprint density at radius 1 is 0.657 bits per heavy atom. The number of rotatable bonds is 0. The summed E-state index contributed by atoms with van der Waals surface area (Å²) in [4.78, 5) is 14.3. The molecule has 2 aliphatic rings. The van der Waals surface area contributed by atoms with Crippen LogP contribution in [0.1, 0.15) is 22.3 Å². The molecule has 0 bridgehead atoms. The third-order valence-electron chi connectivity index (χ3n) is 7.99. The van der Waals surface area contributed by atoms with Crippen LogP contribution < -0.4 is 0 Å². The van der Waals surface area contributed by atoms with Gasteiger partial charge in [-0.15, -0.1) is 0 Å². The lowest BCUT2D eigenvalue weighted by molar-refractivity contribution is 1.22. The van der Waals surface area contributed by atoms with Crippen LogP contribution in [0.25, 0.3) is 60.7 Å². The fourth-order valence-corrected chi connectivity index (χ4v) is 6.58. The first kappa shape index (κ1) is 17.8. The summed E-state index contributed by atoms with van der Waals surface area (Å²) in [7, 11) is 0. The van der Waals surface area contributed by atoms with Gasteiger partial charge in [0.15, 0.2) is 5.65 Å². The highest BCUT2D eigenvalue weighted by molar-refractivity contribution is 6.16. The van der Waals surface area contributed by atoms with E-state index in [1.54, 1.807) is 0 Å². The molecule has 0 saturated carbocycles. The van der Waals surface area contributed by atoms with Crippen molar-refractivity contribution in [3.63, 3.8) is 0 Å². The summed E-state index contributed by atoms with van der Waals surface area (Å²) in [5.74, 6) is 0. The van der Waals surface area contributed by atoms with Crippen LogP contribution in [-0.4, -0.2) is 19.4 Å².